The Morgan fingerprint density at radius 1 is 1.36 bits per heavy atom. The highest BCUT2D eigenvalue weighted by atomic mass is 79.9. The lowest BCUT2D eigenvalue weighted by atomic mass is 10.1. The number of nitrogens with one attached hydrogen (secondary N) is 1. The topological polar surface area (TPSA) is 12.0 Å². The minimum absolute atomic E-state index is 0.0926. The Hall–Kier alpha value is -0.480. The van der Waals surface area contributed by atoms with Gasteiger partial charge in [-0.2, -0.15) is 0 Å². The molecule has 0 bridgehead atoms. The number of rotatable bonds is 3. The molecule has 1 N–H and O–H groups in total. The largest absolute Gasteiger partial charge is 0.310 e. The van der Waals surface area contributed by atoms with Gasteiger partial charge in [0.2, 0.25) is 0 Å². The van der Waals surface area contributed by atoms with Gasteiger partial charge in [-0.05, 0) is 25.6 Å². The molecular formula is C10H12BrF2N. The van der Waals surface area contributed by atoms with Crippen LogP contribution in [-0.2, 0) is 0 Å². The Labute approximate surface area is 90.6 Å². The maximum atomic E-state index is 13.4. The first-order valence-corrected chi connectivity index (χ1v) is 5.23. The Morgan fingerprint density at radius 2 is 1.86 bits per heavy atom. The molecule has 1 unspecified atom stereocenters. The van der Waals surface area contributed by atoms with Crippen LogP contribution in [0.4, 0.5) is 8.78 Å². The molecule has 4 heteroatoms. The van der Waals surface area contributed by atoms with Gasteiger partial charge >= 0.3 is 0 Å². The molecule has 0 heterocycles. The Kier molecular flexibility index (Phi) is 4.01. The highest BCUT2D eigenvalue weighted by Gasteiger charge is 2.15. The second-order valence-electron chi connectivity index (χ2n) is 3.06. The molecule has 1 rings (SSSR count). The van der Waals surface area contributed by atoms with Gasteiger partial charge in [0, 0.05) is 16.1 Å². The van der Waals surface area contributed by atoms with Gasteiger partial charge in [0.15, 0.2) is 0 Å². The lowest BCUT2D eigenvalue weighted by Gasteiger charge is -2.14. The number of benzene rings is 1. The Morgan fingerprint density at radius 3 is 2.29 bits per heavy atom. The van der Waals surface area contributed by atoms with Crippen LogP contribution < -0.4 is 5.32 Å². The highest BCUT2D eigenvalue weighted by Crippen LogP contribution is 2.24. The van der Waals surface area contributed by atoms with Crippen molar-refractivity contribution in [1.82, 2.24) is 5.32 Å². The van der Waals surface area contributed by atoms with Crippen molar-refractivity contribution in [2.24, 2.45) is 0 Å². The van der Waals surface area contributed by atoms with E-state index in [1.807, 2.05) is 6.92 Å². The van der Waals surface area contributed by atoms with Crippen LogP contribution >= 0.6 is 15.9 Å². The molecule has 78 valence electrons. The summed E-state index contributed by atoms with van der Waals surface area (Å²) in [6, 6.07) is 2.23. The lowest BCUT2D eigenvalue weighted by molar-refractivity contribution is 0.495. The van der Waals surface area contributed by atoms with Crippen molar-refractivity contribution in [3.8, 4) is 0 Å². The third kappa shape index (κ3) is 2.51. The van der Waals surface area contributed by atoms with Crippen LogP contribution in [0.2, 0.25) is 0 Å². The summed E-state index contributed by atoms with van der Waals surface area (Å²) in [6.07, 6.45) is 0. The number of hydrogen-bond donors (Lipinski definition) is 1. The normalized spacial score (nSPS) is 12.9. The monoisotopic (exact) mass is 263 g/mol. The SMILES string of the molecule is CCNC(C)c1c(F)cc(Br)cc1F. The molecular weight excluding hydrogens is 252 g/mol. The zero-order valence-electron chi connectivity index (χ0n) is 8.07. The molecule has 1 aromatic rings. The summed E-state index contributed by atoms with van der Waals surface area (Å²) in [6.45, 7) is 4.31. The summed E-state index contributed by atoms with van der Waals surface area (Å²) in [5, 5.41) is 2.97. The highest BCUT2D eigenvalue weighted by molar-refractivity contribution is 9.10. The zero-order chi connectivity index (χ0) is 10.7. The molecule has 0 saturated heterocycles. The summed E-state index contributed by atoms with van der Waals surface area (Å²) >= 11 is 3.03. The van der Waals surface area contributed by atoms with Gasteiger partial charge in [0.25, 0.3) is 0 Å². The zero-order valence-corrected chi connectivity index (χ0v) is 9.66. The van der Waals surface area contributed by atoms with Crippen LogP contribution in [0.1, 0.15) is 25.5 Å². The average Bonchev–Trinajstić information content (AvgIpc) is 2.01. The van der Waals surface area contributed by atoms with Gasteiger partial charge in [-0.1, -0.05) is 22.9 Å². The first kappa shape index (κ1) is 11.6. The van der Waals surface area contributed by atoms with Crippen LogP contribution in [0, 0.1) is 11.6 Å². The molecule has 0 aliphatic rings. The van der Waals surface area contributed by atoms with Crippen molar-refractivity contribution in [2.75, 3.05) is 6.54 Å². The molecule has 0 saturated carbocycles. The first-order chi connectivity index (χ1) is 6.56. The fourth-order valence-electron chi connectivity index (χ4n) is 1.38. The molecule has 0 aliphatic carbocycles. The van der Waals surface area contributed by atoms with Gasteiger partial charge in [-0.3, -0.25) is 0 Å². The minimum Gasteiger partial charge on any atom is -0.310 e. The van der Waals surface area contributed by atoms with E-state index >= 15 is 0 Å². The maximum Gasteiger partial charge on any atom is 0.132 e. The van der Waals surface area contributed by atoms with Crippen molar-refractivity contribution in [2.45, 2.75) is 19.9 Å². The van der Waals surface area contributed by atoms with Crippen molar-refractivity contribution >= 4 is 15.9 Å². The van der Waals surface area contributed by atoms with Crippen molar-refractivity contribution < 1.29 is 8.78 Å². The molecule has 1 aromatic carbocycles. The fourth-order valence-corrected chi connectivity index (χ4v) is 1.78. The van der Waals surface area contributed by atoms with E-state index in [1.54, 1.807) is 6.92 Å². The fraction of sp³-hybridized carbons (Fsp3) is 0.400. The third-order valence-corrected chi connectivity index (χ3v) is 2.44. The summed E-state index contributed by atoms with van der Waals surface area (Å²) < 4.78 is 27.2. The van der Waals surface area contributed by atoms with Crippen LogP contribution in [0.3, 0.4) is 0 Å². The average molecular weight is 264 g/mol. The molecule has 14 heavy (non-hydrogen) atoms. The number of hydrogen-bond acceptors (Lipinski definition) is 1. The van der Waals surface area contributed by atoms with Crippen molar-refractivity contribution in [1.29, 1.82) is 0 Å². The predicted octanol–water partition coefficient (Wildman–Crippen LogP) is 3.40. The Bertz CT molecular complexity index is 305. The van der Waals surface area contributed by atoms with E-state index < -0.39 is 11.6 Å². The predicted molar refractivity (Wildman–Crippen MR) is 56.1 cm³/mol. The summed E-state index contributed by atoms with van der Waals surface area (Å²) in [5.41, 5.74) is 0.0926. The third-order valence-electron chi connectivity index (χ3n) is 1.99. The van der Waals surface area contributed by atoms with Crippen molar-refractivity contribution in [3.63, 3.8) is 0 Å². The van der Waals surface area contributed by atoms with Crippen molar-refractivity contribution in [3.05, 3.63) is 33.8 Å². The van der Waals surface area contributed by atoms with E-state index in [-0.39, 0.29) is 11.6 Å². The summed E-state index contributed by atoms with van der Waals surface area (Å²) in [5.74, 6) is -1.05. The molecule has 0 fully saturated rings. The first-order valence-electron chi connectivity index (χ1n) is 4.44. The summed E-state index contributed by atoms with van der Waals surface area (Å²) in [7, 11) is 0. The van der Waals surface area contributed by atoms with Crippen LogP contribution in [-0.4, -0.2) is 6.54 Å². The van der Waals surface area contributed by atoms with Crippen LogP contribution in [0.5, 0.6) is 0 Å². The van der Waals surface area contributed by atoms with Gasteiger partial charge in [-0.25, -0.2) is 8.78 Å². The van der Waals surface area contributed by atoms with Gasteiger partial charge in [0.1, 0.15) is 11.6 Å². The van der Waals surface area contributed by atoms with E-state index in [2.05, 4.69) is 21.2 Å². The van der Waals surface area contributed by atoms with Gasteiger partial charge in [-0.15, -0.1) is 0 Å². The molecule has 0 spiro atoms. The van der Waals surface area contributed by atoms with E-state index in [4.69, 9.17) is 0 Å². The van der Waals surface area contributed by atoms with Crippen LogP contribution in [0.25, 0.3) is 0 Å². The molecule has 0 aromatic heterocycles. The molecule has 0 amide bonds. The van der Waals surface area contributed by atoms with Crippen LogP contribution in [0.15, 0.2) is 16.6 Å². The lowest BCUT2D eigenvalue weighted by Crippen LogP contribution is -2.20. The Balaban J connectivity index is 3.07. The van der Waals surface area contributed by atoms with Gasteiger partial charge in [0.05, 0.1) is 0 Å². The summed E-state index contributed by atoms with van der Waals surface area (Å²) in [4.78, 5) is 0. The van der Waals surface area contributed by atoms with E-state index in [9.17, 15) is 8.78 Å². The van der Waals surface area contributed by atoms with E-state index in [1.165, 1.54) is 12.1 Å². The molecule has 0 radical (unpaired) electrons. The molecule has 1 atom stereocenters. The smallest absolute Gasteiger partial charge is 0.132 e. The second kappa shape index (κ2) is 4.84. The standard InChI is InChI=1S/C10H12BrF2N/c1-3-14-6(2)10-8(12)4-7(11)5-9(10)13/h4-6,14H,3H2,1-2H3. The number of halogens is 3. The van der Waals surface area contributed by atoms with E-state index in [0.29, 0.717) is 11.0 Å². The maximum absolute atomic E-state index is 13.4. The molecule has 1 nitrogen and oxygen atoms in total. The van der Waals surface area contributed by atoms with E-state index in [0.717, 1.165) is 0 Å². The van der Waals surface area contributed by atoms with Gasteiger partial charge < -0.3 is 5.32 Å². The molecule has 0 aliphatic heterocycles. The second-order valence-corrected chi connectivity index (χ2v) is 3.98. The minimum atomic E-state index is -0.523. The quantitative estimate of drug-likeness (QED) is 0.882.